The van der Waals surface area contributed by atoms with Crippen LogP contribution in [-0.2, 0) is 16.0 Å². The summed E-state index contributed by atoms with van der Waals surface area (Å²) in [6.45, 7) is 3.63. The van der Waals surface area contributed by atoms with Crippen molar-refractivity contribution in [2.45, 2.75) is 31.9 Å². The highest BCUT2D eigenvalue weighted by molar-refractivity contribution is 6.33. The molecule has 0 bridgehead atoms. The summed E-state index contributed by atoms with van der Waals surface area (Å²) in [7, 11) is 0. The zero-order valence-corrected chi connectivity index (χ0v) is 16.3. The maximum atomic E-state index is 12.0. The van der Waals surface area contributed by atoms with Gasteiger partial charge >= 0.3 is 12.1 Å². The van der Waals surface area contributed by atoms with E-state index in [4.69, 9.17) is 16.7 Å². The Morgan fingerprint density at radius 2 is 1.76 bits per heavy atom. The smallest absolute Gasteiger partial charge is 0.389 e. The SMILES string of the molecule is C=Cc1ccccc1.O=C(O)CCc1ccc(Cl)c(NC(=O)CCC(F)(F)F)c1. The molecule has 0 atom stereocenters. The Balaban J connectivity index is 0.000000436. The van der Waals surface area contributed by atoms with Crippen molar-refractivity contribution in [3.8, 4) is 0 Å². The van der Waals surface area contributed by atoms with E-state index in [1.165, 1.54) is 17.7 Å². The standard InChI is InChI=1S/C13H13ClF3NO3.C8H8/c14-9-3-1-8(2-4-12(20)21)7-10(9)18-11(19)5-6-13(15,16)17;1-2-8-6-4-3-5-7-8/h1,3,7H,2,4-6H2,(H,18,19)(H,20,21);2-7H,1H2. The van der Waals surface area contributed by atoms with Crippen molar-refractivity contribution in [3.63, 3.8) is 0 Å². The fourth-order valence-corrected chi connectivity index (χ4v) is 2.30. The first kappa shape index (κ1) is 24.2. The number of carbonyl (C=O) groups is 2. The summed E-state index contributed by atoms with van der Waals surface area (Å²) in [5.74, 6) is -1.77. The number of carboxylic acids is 1. The molecule has 29 heavy (non-hydrogen) atoms. The normalized spacial score (nSPS) is 10.5. The second-order valence-electron chi connectivity index (χ2n) is 5.99. The lowest BCUT2D eigenvalue weighted by atomic mass is 10.1. The van der Waals surface area contributed by atoms with Gasteiger partial charge in [-0.15, -0.1) is 0 Å². The third-order valence-corrected chi connectivity index (χ3v) is 3.93. The molecule has 0 saturated heterocycles. The molecule has 4 nitrogen and oxygen atoms in total. The number of rotatable bonds is 7. The van der Waals surface area contributed by atoms with E-state index >= 15 is 0 Å². The van der Waals surface area contributed by atoms with Crippen LogP contribution in [-0.4, -0.2) is 23.2 Å². The Hall–Kier alpha value is -2.80. The lowest BCUT2D eigenvalue weighted by molar-refractivity contribution is -0.142. The first-order chi connectivity index (χ1) is 13.6. The highest BCUT2D eigenvalue weighted by atomic mass is 35.5. The third-order valence-electron chi connectivity index (χ3n) is 3.60. The molecule has 8 heteroatoms. The molecule has 0 spiro atoms. The molecule has 1 amide bonds. The van der Waals surface area contributed by atoms with Crippen LogP contribution in [0, 0.1) is 0 Å². The molecule has 0 aliphatic rings. The lowest BCUT2D eigenvalue weighted by Crippen LogP contribution is -2.16. The third kappa shape index (κ3) is 10.9. The van der Waals surface area contributed by atoms with Gasteiger partial charge in [-0.3, -0.25) is 9.59 Å². The van der Waals surface area contributed by atoms with E-state index in [0.717, 1.165) is 0 Å². The number of nitrogens with one attached hydrogen (secondary N) is 1. The van der Waals surface area contributed by atoms with Gasteiger partial charge in [0.15, 0.2) is 0 Å². The van der Waals surface area contributed by atoms with Crippen molar-refractivity contribution in [1.29, 1.82) is 0 Å². The number of hydrogen-bond donors (Lipinski definition) is 2. The molecule has 0 fully saturated rings. The molecular formula is C21H21ClF3NO3. The summed E-state index contributed by atoms with van der Waals surface area (Å²) in [4.78, 5) is 21.9. The van der Waals surface area contributed by atoms with Gasteiger partial charge in [-0.1, -0.05) is 60.7 Å². The van der Waals surface area contributed by atoms with E-state index in [1.807, 2.05) is 36.4 Å². The highest BCUT2D eigenvalue weighted by Gasteiger charge is 2.28. The Labute approximate surface area is 172 Å². The van der Waals surface area contributed by atoms with Gasteiger partial charge in [-0.25, -0.2) is 0 Å². The maximum absolute atomic E-state index is 12.0. The Morgan fingerprint density at radius 1 is 1.10 bits per heavy atom. The van der Waals surface area contributed by atoms with Crippen molar-refractivity contribution in [2.24, 2.45) is 0 Å². The summed E-state index contributed by atoms with van der Waals surface area (Å²) < 4.78 is 36.0. The zero-order valence-electron chi connectivity index (χ0n) is 15.5. The number of carboxylic acid groups (broad SMARTS) is 1. The zero-order chi connectivity index (χ0) is 21.9. The summed E-state index contributed by atoms with van der Waals surface area (Å²) in [5, 5.41) is 11.1. The van der Waals surface area contributed by atoms with Gasteiger partial charge in [0, 0.05) is 12.8 Å². The van der Waals surface area contributed by atoms with Crippen LogP contribution >= 0.6 is 11.6 Å². The molecular weight excluding hydrogens is 407 g/mol. The number of aryl methyl sites for hydroxylation is 1. The average molecular weight is 428 g/mol. The number of aliphatic carboxylic acids is 1. The Morgan fingerprint density at radius 3 is 2.28 bits per heavy atom. The molecule has 2 aromatic rings. The minimum atomic E-state index is -4.40. The number of halogens is 4. The first-order valence-electron chi connectivity index (χ1n) is 8.65. The van der Waals surface area contributed by atoms with Crippen LogP contribution in [0.4, 0.5) is 18.9 Å². The number of amides is 1. The molecule has 0 saturated carbocycles. The maximum Gasteiger partial charge on any atom is 0.389 e. The average Bonchev–Trinajstić information content (AvgIpc) is 2.67. The first-order valence-corrected chi connectivity index (χ1v) is 9.03. The van der Waals surface area contributed by atoms with Gasteiger partial charge in [-0.2, -0.15) is 13.2 Å². The second kappa shape index (κ2) is 11.9. The predicted octanol–water partition coefficient (Wildman–Crippen LogP) is 5.97. The van der Waals surface area contributed by atoms with Crippen LogP contribution < -0.4 is 5.32 Å². The van der Waals surface area contributed by atoms with E-state index in [2.05, 4.69) is 11.9 Å². The number of alkyl halides is 3. The van der Waals surface area contributed by atoms with Crippen molar-refractivity contribution >= 4 is 35.2 Å². The van der Waals surface area contributed by atoms with Crippen LogP contribution in [0.3, 0.4) is 0 Å². The Bertz CT molecular complexity index is 824. The predicted molar refractivity (Wildman–Crippen MR) is 108 cm³/mol. The molecule has 0 aromatic heterocycles. The molecule has 0 heterocycles. The van der Waals surface area contributed by atoms with Crippen LogP contribution in [0.1, 0.15) is 30.4 Å². The molecule has 0 aliphatic heterocycles. The quantitative estimate of drug-likeness (QED) is 0.572. The van der Waals surface area contributed by atoms with E-state index in [0.29, 0.717) is 5.56 Å². The lowest BCUT2D eigenvalue weighted by Gasteiger charge is -2.10. The number of hydrogen-bond acceptors (Lipinski definition) is 2. The number of benzene rings is 2. The monoisotopic (exact) mass is 427 g/mol. The van der Waals surface area contributed by atoms with E-state index in [1.54, 1.807) is 6.07 Å². The summed E-state index contributed by atoms with van der Waals surface area (Å²) >= 11 is 5.84. The molecule has 2 N–H and O–H groups in total. The van der Waals surface area contributed by atoms with Gasteiger partial charge in [0.2, 0.25) is 5.91 Å². The number of carbonyl (C=O) groups excluding carboxylic acids is 1. The van der Waals surface area contributed by atoms with E-state index in [-0.39, 0.29) is 23.6 Å². The van der Waals surface area contributed by atoms with Crippen LogP contribution in [0.5, 0.6) is 0 Å². The summed E-state index contributed by atoms with van der Waals surface area (Å²) in [6, 6.07) is 14.5. The molecule has 156 valence electrons. The topological polar surface area (TPSA) is 66.4 Å². The minimum absolute atomic E-state index is 0.0942. The van der Waals surface area contributed by atoms with E-state index < -0.39 is 30.9 Å². The van der Waals surface area contributed by atoms with Crippen LogP contribution in [0.15, 0.2) is 55.1 Å². The molecule has 0 radical (unpaired) electrons. The fourth-order valence-electron chi connectivity index (χ4n) is 2.13. The molecule has 0 unspecified atom stereocenters. The summed E-state index contributed by atoms with van der Waals surface area (Å²) in [6.07, 6.45) is -4.33. The molecule has 2 rings (SSSR count). The van der Waals surface area contributed by atoms with Crippen molar-refractivity contribution in [3.05, 3.63) is 71.3 Å². The van der Waals surface area contributed by atoms with Crippen LogP contribution in [0.2, 0.25) is 5.02 Å². The summed E-state index contributed by atoms with van der Waals surface area (Å²) in [5.41, 5.74) is 1.96. The van der Waals surface area contributed by atoms with Crippen molar-refractivity contribution < 1.29 is 27.9 Å². The highest BCUT2D eigenvalue weighted by Crippen LogP contribution is 2.25. The minimum Gasteiger partial charge on any atom is -0.481 e. The second-order valence-corrected chi connectivity index (χ2v) is 6.39. The largest absolute Gasteiger partial charge is 0.481 e. The number of anilines is 1. The van der Waals surface area contributed by atoms with E-state index in [9.17, 15) is 22.8 Å². The van der Waals surface area contributed by atoms with Gasteiger partial charge in [0.1, 0.15) is 0 Å². The van der Waals surface area contributed by atoms with Gasteiger partial charge in [0.05, 0.1) is 17.1 Å². The van der Waals surface area contributed by atoms with Gasteiger partial charge in [0.25, 0.3) is 0 Å². The van der Waals surface area contributed by atoms with Gasteiger partial charge in [-0.05, 0) is 29.7 Å². The van der Waals surface area contributed by atoms with Crippen LogP contribution in [0.25, 0.3) is 6.08 Å². The van der Waals surface area contributed by atoms with Crippen molar-refractivity contribution in [2.75, 3.05) is 5.32 Å². The molecule has 2 aromatic carbocycles. The van der Waals surface area contributed by atoms with Crippen molar-refractivity contribution in [1.82, 2.24) is 0 Å². The fraction of sp³-hybridized carbons (Fsp3) is 0.238. The Kier molecular flexibility index (Phi) is 9.96. The van der Waals surface area contributed by atoms with Gasteiger partial charge < -0.3 is 10.4 Å². The molecule has 0 aliphatic carbocycles.